The molecule has 26 heavy (non-hydrogen) atoms. The van der Waals surface area contributed by atoms with Gasteiger partial charge in [-0.1, -0.05) is 38.3 Å². The lowest BCUT2D eigenvalue weighted by atomic mass is 9.47. The van der Waals surface area contributed by atoms with E-state index in [1.54, 1.807) is 25.7 Å². The Bertz CT molecular complexity index is 622. The summed E-state index contributed by atoms with van der Waals surface area (Å²) in [6.07, 6.45) is 20.7. The fourth-order valence-corrected chi connectivity index (χ4v) is 9.61. The lowest BCUT2D eigenvalue weighted by Crippen LogP contribution is -2.49. The van der Waals surface area contributed by atoms with Gasteiger partial charge in [0.2, 0.25) is 0 Å². The van der Waals surface area contributed by atoms with Gasteiger partial charge in [-0.2, -0.15) is 0 Å². The van der Waals surface area contributed by atoms with Gasteiger partial charge < -0.3 is 0 Å². The largest absolute Gasteiger partial charge is 0.297 e. The van der Waals surface area contributed by atoms with Crippen molar-refractivity contribution < 1.29 is 0 Å². The molecule has 4 aliphatic carbocycles. The van der Waals surface area contributed by atoms with E-state index in [4.69, 9.17) is 0 Å². The molecule has 2 saturated heterocycles. The molecule has 0 spiro atoms. The molecule has 5 fully saturated rings. The molecule has 5 unspecified atom stereocenters. The highest BCUT2D eigenvalue weighted by molar-refractivity contribution is 5.25. The average Bonchev–Trinajstić information content (AvgIpc) is 3.16. The Hall–Kier alpha value is -0.300. The molecule has 0 aromatic heterocycles. The van der Waals surface area contributed by atoms with E-state index in [9.17, 15) is 0 Å². The number of nitrogens with zero attached hydrogens (tertiary/aromatic N) is 1. The minimum atomic E-state index is 0.577. The first kappa shape index (κ1) is 16.6. The van der Waals surface area contributed by atoms with Crippen molar-refractivity contribution in [3.63, 3.8) is 0 Å². The van der Waals surface area contributed by atoms with Crippen LogP contribution in [0.4, 0.5) is 0 Å². The smallest absolute Gasteiger partial charge is 0.0135 e. The molecule has 2 heterocycles. The molecular formula is C25H39N. The van der Waals surface area contributed by atoms with E-state index >= 15 is 0 Å². The van der Waals surface area contributed by atoms with Gasteiger partial charge in [-0.15, -0.1) is 0 Å². The second-order valence-electron chi connectivity index (χ2n) is 11.5. The van der Waals surface area contributed by atoms with Gasteiger partial charge in [0.05, 0.1) is 0 Å². The Morgan fingerprint density at radius 3 is 2.77 bits per heavy atom. The molecule has 8 atom stereocenters. The number of rotatable bonds is 0. The predicted molar refractivity (Wildman–Crippen MR) is 108 cm³/mol. The molecule has 0 aromatic carbocycles. The molecule has 1 nitrogen and oxygen atoms in total. The van der Waals surface area contributed by atoms with E-state index < -0.39 is 0 Å². The number of hydrogen-bond acceptors (Lipinski definition) is 1. The molecule has 3 saturated carbocycles. The molecule has 0 N–H and O–H groups in total. The average molecular weight is 354 g/mol. The first-order chi connectivity index (χ1) is 12.6. The molecule has 6 rings (SSSR count). The molecule has 1 heteroatoms. The van der Waals surface area contributed by atoms with Crippen molar-refractivity contribution in [1.29, 1.82) is 0 Å². The van der Waals surface area contributed by atoms with Crippen molar-refractivity contribution in [3.05, 3.63) is 11.6 Å². The summed E-state index contributed by atoms with van der Waals surface area (Å²) in [4.78, 5) is 3.01. The first-order valence-corrected chi connectivity index (χ1v) is 12.1. The van der Waals surface area contributed by atoms with E-state index in [0.29, 0.717) is 10.8 Å². The Morgan fingerprint density at radius 1 is 0.923 bits per heavy atom. The van der Waals surface area contributed by atoms with E-state index in [2.05, 4.69) is 24.8 Å². The van der Waals surface area contributed by atoms with Crippen LogP contribution in [-0.4, -0.2) is 23.5 Å². The highest BCUT2D eigenvalue weighted by Gasteiger charge is 2.63. The lowest BCUT2D eigenvalue weighted by molar-refractivity contribution is -0.0423. The Labute approximate surface area is 161 Å². The third-order valence-corrected chi connectivity index (χ3v) is 10.9. The second kappa shape index (κ2) is 5.62. The fourth-order valence-electron chi connectivity index (χ4n) is 9.61. The monoisotopic (exact) mass is 353 g/mol. The van der Waals surface area contributed by atoms with Crippen molar-refractivity contribution in [1.82, 2.24) is 4.90 Å². The highest BCUT2D eigenvalue weighted by Crippen LogP contribution is 2.68. The fraction of sp³-hybridized carbons (Fsp3) is 0.920. The van der Waals surface area contributed by atoms with Gasteiger partial charge in [0.15, 0.2) is 0 Å². The molecular weight excluding hydrogens is 314 g/mol. The summed E-state index contributed by atoms with van der Waals surface area (Å²) in [7, 11) is 0. The molecule has 2 aliphatic heterocycles. The van der Waals surface area contributed by atoms with Gasteiger partial charge in [-0.05, 0) is 105 Å². The van der Waals surface area contributed by atoms with Crippen LogP contribution in [0.25, 0.3) is 0 Å². The van der Waals surface area contributed by atoms with Crippen molar-refractivity contribution in [2.45, 2.75) is 103 Å². The van der Waals surface area contributed by atoms with Crippen LogP contribution in [0, 0.1) is 34.5 Å². The summed E-state index contributed by atoms with van der Waals surface area (Å²) in [6.45, 7) is 6.85. The van der Waals surface area contributed by atoms with Crippen LogP contribution in [0.3, 0.4) is 0 Å². The van der Waals surface area contributed by atoms with Gasteiger partial charge in [0.25, 0.3) is 0 Å². The molecule has 144 valence electrons. The maximum Gasteiger partial charge on any atom is 0.0135 e. The van der Waals surface area contributed by atoms with Gasteiger partial charge in [0, 0.05) is 12.1 Å². The van der Waals surface area contributed by atoms with Crippen LogP contribution in [0.1, 0.15) is 90.9 Å². The van der Waals surface area contributed by atoms with E-state index in [-0.39, 0.29) is 0 Å². The summed E-state index contributed by atoms with van der Waals surface area (Å²) in [6, 6.07) is 1.92. The minimum absolute atomic E-state index is 0.577. The predicted octanol–water partition coefficient (Wildman–Crippen LogP) is 6.19. The summed E-state index contributed by atoms with van der Waals surface area (Å²) in [5.74, 6) is 4.07. The van der Waals surface area contributed by atoms with Crippen LogP contribution in [0.2, 0.25) is 0 Å². The lowest BCUT2D eigenvalue weighted by Gasteiger charge is -2.57. The zero-order chi connectivity index (χ0) is 17.5. The SMILES string of the molecule is C[C@]12CCC3[C@@H](CC=C4CCCC[C@@]43C)C1CC1C2CC2CCCCN21. The minimum Gasteiger partial charge on any atom is -0.297 e. The van der Waals surface area contributed by atoms with Gasteiger partial charge in [-0.3, -0.25) is 4.90 Å². The van der Waals surface area contributed by atoms with Crippen LogP contribution >= 0.6 is 0 Å². The second-order valence-corrected chi connectivity index (χ2v) is 11.5. The third kappa shape index (κ3) is 2.02. The van der Waals surface area contributed by atoms with Gasteiger partial charge >= 0.3 is 0 Å². The number of piperidine rings is 1. The van der Waals surface area contributed by atoms with Crippen LogP contribution in [0.15, 0.2) is 11.6 Å². The van der Waals surface area contributed by atoms with Crippen LogP contribution < -0.4 is 0 Å². The summed E-state index contributed by atoms with van der Waals surface area (Å²) >= 11 is 0. The molecule has 0 bridgehead atoms. The summed E-state index contributed by atoms with van der Waals surface area (Å²) in [5.41, 5.74) is 3.12. The zero-order valence-electron chi connectivity index (χ0n) is 17.2. The highest BCUT2D eigenvalue weighted by atomic mass is 15.2. The van der Waals surface area contributed by atoms with Crippen LogP contribution in [0.5, 0.6) is 0 Å². The third-order valence-electron chi connectivity index (χ3n) is 10.9. The van der Waals surface area contributed by atoms with Crippen molar-refractivity contribution >= 4 is 0 Å². The van der Waals surface area contributed by atoms with Gasteiger partial charge in [0.1, 0.15) is 0 Å². The molecule has 0 aromatic rings. The number of hydrogen-bond donors (Lipinski definition) is 0. The Balaban J connectivity index is 1.33. The van der Waals surface area contributed by atoms with E-state index in [1.165, 1.54) is 57.9 Å². The zero-order valence-corrected chi connectivity index (χ0v) is 17.2. The van der Waals surface area contributed by atoms with Crippen molar-refractivity contribution in [2.24, 2.45) is 34.5 Å². The van der Waals surface area contributed by atoms with Crippen molar-refractivity contribution in [2.75, 3.05) is 6.54 Å². The van der Waals surface area contributed by atoms with Crippen LogP contribution in [-0.2, 0) is 0 Å². The Morgan fingerprint density at radius 2 is 1.85 bits per heavy atom. The topological polar surface area (TPSA) is 3.24 Å². The maximum absolute atomic E-state index is 3.01. The molecule has 0 radical (unpaired) electrons. The first-order valence-electron chi connectivity index (χ1n) is 12.1. The number of allylic oxidation sites excluding steroid dienone is 2. The number of fused-ring (bicyclic) bond motifs is 9. The van der Waals surface area contributed by atoms with E-state index in [0.717, 1.165) is 35.8 Å². The standard InChI is InChI=1S/C25H39N/c1-24-12-5-3-7-17(24)9-10-19-20(24)11-13-25(2)21(19)16-23-22(25)15-18-8-4-6-14-26(18)23/h9,18-23H,3-8,10-16H2,1-2H3/t18?,19-,20?,21?,22?,23?,24+,25+/m1/s1. The van der Waals surface area contributed by atoms with E-state index in [1.807, 2.05) is 5.57 Å². The normalized spacial score (nSPS) is 56.0. The Kier molecular flexibility index (Phi) is 3.59. The van der Waals surface area contributed by atoms with Crippen molar-refractivity contribution in [3.8, 4) is 0 Å². The maximum atomic E-state index is 3.01. The summed E-state index contributed by atoms with van der Waals surface area (Å²) in [5, 5.41) is 0. The van der Waals surface area contributed by atoms with Gasteiger partial charge in [-0.25, -0.2) is 0 Å². The molecule has 0 amide bonds. The molecule has 6 aliphatic rings. The quantitative estimate of drug-likeness (QED) is 0.469. The summed E-state index contributed by atoms with van der Waals surface area (Å²) < 4.78 is 0.